The van der Waals surface area contributed by atoms with Crippen LogP contribution in [0.2, 0.25) is 0 Å². The van der Waals surface area contributed by atoms with E-state index in [1.54, 1.807) is 7.05 Å². The summed E-state index contributed by atoms with van der Waals surface area (Å²) in [6.45, 7) is 24.7. The molecule has 0 atom stereocenters. The van der Waals surface area contributed by atoms with Crippen molar-refractivity contribution in [3.05, 3.63) is 90.0 Å². The highest BCUT2D eigenvalue weighted by atomic mass is 14.7. The van der Waals surface area contributed by atoms with Gasteiger partial charge in [0.1, 0.15) is 0 Å². The number of hydrogen-bond acceptors (Lipinski definition) is 2. The first-order valence-electron chi connectivity index (χ1n) is 10.2. The van der Waals surface area contributed by atoms with Gasteiger partial charge in [-0.15, -0.1) is 26.3 Å². The molecule has 0 fully saturated rings. The molecule has 0 heterocycles. The Labute approximate surface area is 180 Å². The lowest BCUT2D eigenvalue weighted by Crippen LogP contribution is -2.03. The van der Waals surface area contributed by atoms with Crippen LogP contribution >= 0.6 is 0 Å². The lowest BCUT2D eigenvalue weighted by molar-refractivity contribution is 0.898. The molecule has 0 aromatic heterocycles. The van der Waals surface area contributed by atoms with E-state index in [0.29, 0.717) is 0 Å². The number of aryl methyl sites for hydroxylation is 5. The molecule has 160 valence electrons. The molecule has 0 spiro atoms. The number of nitrogens with two attached hydrogens (primary N) is 1. The van der Waals surface area contributed by atoms with Gasteiger partial charge in [-0.2, -0.15) is 0 Å². The van der Waals surface area contributed by atoms with Gasteiger partial charge in [0, 0.05) is 24.0 Å². The van der Waals surface area contributed by atoms with Gasteiger partial charge in [0.25, 0.3) is 0 Å². The molecule has 0 amide bonds. The second-order valence-electron chi connectivity index (χ2n) is 6.73. The van der Waals surface area contributed by atoms with Crippen LogP contribution in [0, 0.1) is 20.8 Å². The average molecular weight is 395 g/mol. The first-order valence-corrected chi connectivity index (χ1v) is 10.2. The second-order valence-corrected chi connectivity index (χ2v) is 6.73. The highest BCUT2D eigenvalue weighted by Gasteiger charge is 2.05. The Bertz CT molecular complexity index is 755. The van der Waals surface area contributed by atoms with Gasteiger partial charge in [0.05, 0.1) is 0 Å². The van der Waals surface area contributed by atoms with Crippen molar-refractivity contribution in [1.82, 2.24) is 0 Å². The highest BCUT2D eigenvalue weighted by Crippen LogP contribution is 2.20. The van der Waals surface area contributed by atoms with Gasteiger partial charge in [-0.1, -0.05) is 55.7 Å². The van der Waals surface area contributed by atoms with Crippen molar-refractivity contribution in [2.45, 2.75) is 60.8 Å². The first-order chi connectivity index (χ1) is 13.8. The van der Waals surface area contributed by atoms with E-state index in [4.69, 9.17) is 5.73 Å². The van der Waals surface area contributed by atoms with E-state index in [9.17, 15) is 0 Å². The number of hydrogen-bond donors (Lipinski definition) is 1. The SMILES string of the molecule is C=C.C=C.CCCc1ccc(C)cc1CC.CN=C(C)c1cc(C)cc(C)c1N. The Balaban J connectivity index is 0. The third-order valence-electron chi connectivity index (χ3n) is 4.52. The summed E-state index contributed by atoms with van der Waals surface area (Å²) in [4.78, 5) is 4.14. The lowest BCUT2D eigenvalue weighted by atomic mass is 9.99. The molecule has 2 aromatic rings. The summed E-state index contributed by atoms with van der Waals surface area (Å²) in [5.41, 5.74) is 15.6. The van der Waals surface area contributed by atoms with E-state index < -0.39 is 0 Å². The lowest BCUT2D eigenvalue weighted by Gasteiger charge is -2.09. The maximum atomic E-state index is 5.95. The fourth-order valence-corrected chi connectivity index (χ4v) is 3.00. The summed E-state index contributed by atoms with van der Waals surface area (Å²) in [5.74, 6) is 0. The van der Waals surface area contributed by atoms with E-state index in [0.717, 1.165) is 28.9 Å². The molecule has 0 saturated carbocycles. The van der Waals surface area contributed by atoms with Crippen LogP contribution in [-0.4, -0.2) is 12.8 Å². The third kappa shape index (κ3) is 9.94. The summed E-state index contributed by atoms with van der Waals surface area (Å²) in [6.07, 6.45) is 3.64. The van der Waals surface area contributed by atoms with Gasteiger partial charge in [-0.05, 0) is 63.3 Å². The molecule has 2 aromatic carbocycles. The monoisotopic (exact) mass is 394 g/mol. The number of benzene rings is 2. The predicted octanol–water partition coefficient (Wildman–Crippen LogP) is 7.44. The Morgan fingerprint density at radius 1 is 0.897 bits per heavy atom. The Hall–Kier alpha value is -2.61. The van der Waals surface area contributed by atoms with Gasteiger partial charge in [-0.25, -0.2) is 0 Å². The van der Waals surface area contributed by atoms with Gasteiger partial charge in [0.2, 0.25) is 0 Å². The summed E-state index contributed by atoms with van der Waals surface area (Å²) in [7, 11) is 1.78. The van der Waals surface area contributed by atoms with Gasteiger partial charge in [0.15, 0.2) is 0 Å². The van der Waals surface area contributed by atoms with Crippen molar-refractivity contribution in [3.8, 4) is 0 Å². The maximum Gasteiger partial charge on any atom is 0.0435 e. The number of nitrogens with zero attached hydrogens (tertiary/aromatic N) is 1. The summed E-state index contributed by atoms with van der Waals surface area (Å²) in [5, 5.41) is 0. The third-order valence-corrected chi connectivity index (χ3v) is 4.52. The Morgan fingerprint density at radius 3 is 1.97 bits per heavy atom. The molecule has 2 heteroatoms. The largest absolute Gasteiger partial charge is 0.398 e. The van der Waals surface area contributed by atoms with E-state index >= 15 is 0 Å². The van der Waals surface area contributed by atoms with Crippen LogP contribution in [0.3, 0.4) is 0 Å². The number of rotatable bonds is 4. The summed E-state index contributed by atoms with van der Waals surface area (Å²) < 4.78 is 0. The molecule has 0 radical (unpaired) electrons. The topological polar surface area (TPSA) is 38.4 Å². The van der Waals surface area contributed by atoms with Crippen LogP contribution in [0.1, 0.15) is 60.6 Å². The van der Waals surface area contributed by atoms with E-state index in [1.165, 1.54) is 35.1 Å². The van der Waals surface area contributed by atoms with Crippen molar-refractivity contribution < 1.29 is 0 Å². The minimum Gasteiger partial charge on any atom is -0.398 e. The quantitative estimate of drug-likeness (QED) is 0.326. The van der Waals surface area contributed by atoms with Crippen LogP contribution < -0.4 is 5.73 Å². The number of anilines is 1. The molecule has 29 heavy (non-hydrogen) atoms. The maximum absolute atomic E-state index is 5.95. The average Bonchev–Trinajstić information content (AvgIpc) is 2.74. The summed E-state index contributed by atoms with van der Waals surface area (Å²) in [6, 6.07) is 11.0. The van der Waals surface area contributed by atoms with Crippen LogP contribution in [-0.2, 0) is 12.8 Å². The standard InChI is InChI=1S/C12H18.C11H16N2.2C2H4/c1-4-6-12-8-7-10(3)9-11(12)5-2;1-7-5-8(2)11(12)10(6-7)9(3)13-4;2*1-2/h7-9H,4-6H2,1-3H3;5-6H,12H2,1-4H3;2*1-2H2. The van der Waals surface area contributed by atoms with E-state index in [2.05, 4.69) is 89.3 Å². The fourth-order valence-electron chi connectivity index (χ4n) is 3.00. The van der Waals surface area contributed by atoms with Crippen molar-refractivity contribution in [3.63, 3.8) is 0 Å². The van der Waals surface area contributed by atoms with Crippen LogP contribution in [0.15, 0.2) is 61.6 Å². The van der Waals surface area contributed by atoms with Gasteiger partial charge in [-0.3, -0.25) is 4.99 Å². The zero-order chi connectivity index (χ0) is 23.0. The minimum atomic E-state index is 0.841. The Kier molecular flexibility index (Phi) is 16.1. The second kappa shape index (κ2) is 16.4. The molecule has 2 N–H and O–H groups in total. The van der Waals surface area contributed by atoms with Crippen molar-refractivity contribution >= 4 is 11.4 Å². The minimum absolute atomic E-state index is 0.841. The van der Waals surface area contributed by atoms with Crippen molar-refractivity contribution in [1.29, 1.82) is 0 Å². The van der Waals surface area contributed by atoms with Crippen molar-refractivity contribution in [2.75, 3.05) is 12.8 Å². The van der Waals surface area contributed by atoms with Gasteiger partial charge < -0.3 is 5.73 Å². The molecule has 0 aliphatic heterocycles. The number of aliphatic imine (C=N–C) groups is 1. The van der Waals surface area contributed by atoms with Gasteiger partial charge >= 0.3 is 0 Å². The highest BCUT2D eigenvalue weighted by molar-refractivity contribution is 6.03. The normalized spacial score (nSPS) is 9.83. The first kappa shape index (κ1) is 28.6. The van der Waals surface area contributed by atoms with Crippen LogP contribution in [0.5, 0.6) is 0 Å². The molecule has 0 unspecified atom stereocenters. The van der Waals surface area contributed by atoms with Crippen LogP contribution in [0.4, 0.5) is 5.69 Å². The molecular formula is C27H42N2. The van der Waals surface area contributed by atoms with E-state index in [-0.39, 0.29) is 0 Å². The summed E-state index contributed by atoms with van der Waals surface area (Å²) >= 11 is 0. The van der Waals surface area contributed by atoms with Crippen LogP contribution in [0.25, 0.3) is 0 Å². The zero-order valence-electron chi connectivity index (χ0n) is 19.9. The molecular weight excluding hydrogens is 352 g/mol. The van der Waals surface area contributed by atoms with E-state index in [1.807, 2.05) is 13.8 Å². The van der Waals surface area contributed by atoms with Crippen molar-refractivity contribution in [2.24, 2.45) is 4.99 Å². The molecule has 2 nitrogen and oxygen atoms in total. The molecule has 0 bridgehead atoms. The molecule has 0 aliphatic rings. The zero-order valence-corrected chi connectivity index (χ0v) is 19.9. The Morgan fingerprint density at radius 2 is 1.48 bits per heavy atom. The molecule has 2 rings (SSSR count). The molecule has 0 saturated heterocycles. The predicted molar refractivity (Wildman–Crippen MR) is 136 cm³/mol. The fraction of sp³-hybridized carbons (Fsp3) is 0.370. The number of nitrogen functional groups attached to an aromatic ring is 1. The smallest absolute Gasteiger partial charge is 0.0435 e. The molecule has 0 aliphatic carbocycles.